The number of carbonyl (C=O) groups is 2. The van der Waals surface area contributed by atoms with E-state index in [9.17, 15) is 9.59 Å². The van der Waals surface area contributed by atoms with E-state index in [2.05, 4.69) is 0 Å². The Morgan fingerprint density at radius 3 is 2.90 bits per heavy atom. The van der Waals surface area contributed by atoms with Crippen molar-refractivity contribution in [1.29, 1.82) is 0 Å². The van der Waals surface area contributed by atoms with Gasteiger partial charge in [-0.3, -0.25) is 4.79 Å². The molecule has 1 N–H and O–H groups in total. The van der Waals surface area contributed by atoms with E-state index in [0.29, 0.717) is 11.6 Å². The summed E-state index contributed by atoms with van der Waals surface area (Å²) in [5.74, 6) is -1.51. The Morgan fingerprint density at radius 1 is 1.50 bits per heavy atom. The number of amides is 1. The summed E-state index contributed by atoms with van der Waals surface area (Å²) in [6.45, 7) is 2.52. The third kappa shape index (κ3) is 3.29. The molecule has 1 heterocycles. The number of benzene rings is 1. The van der Waals surface area contributed by atoms with Gasteiger partial charge >= 0.3 is 5.97 Å². The molecule has 1 amide bonds. The fourth-order valence-electron chi connectivity index (χ4n) is 2.19. The highest BCUT2D eigenvalue weighted by Crippen LogP contribution is 2.22. The van der Waals surface area contributed by atoms with Crippen LogP contribution in [0.1, 0.15) is 18.4 Å². The minimum Gasteiger partial charge on any atom is -0.479 e. The second kappa shape index (κ2) is 6.24. The van der Waals surface area contributed by atoms with E-state index in [4.69, 9.17) is 21.4 Å². The van der Waals surface area contributed by atoms with Gasteiger partial charge in [-0.05, 0) is 24.6 Å². The zero-order chi connectivity index (χ0) is 14.7. The molecule has 1 aliphatic rings. The van der Waals surface area contributed by atoms with Crippen LogP contribution in [-0.4, -0.2) is 47.7 Å². The van der Waals surface area contributed by atoms with Gasteiger partial charge in [-0.2, -0.15) is 0 Å². The number of nitrogens with zero attached hydrogens (tertiary/aromatic N) is 1. The number of rotatable bonds is 3. The van der Waals surface area contributed by atoms with E-state index in [0.717, 1.165) is 5.56 Å². The fourth-order valence-corrected chi connectivity index (χ4v) is 2.39. The second-order valence-electron chi connectivity index (χ2n) is 4.76. The zero-order valence-corrected chi connectivity index (χ0v) is 11.8. The zero-order valence-electron chi connectivity index (χ0n) is 11.1. The Labute approximate surface area is 122 Å². The normalized spacial score (nSPS) is 20.5. The smallest absolute Gasteiger partial charge is 0.334 e. The van der Waals surface area contributed by atoms with Gasteiger partial charge in [0.15, 0.2) is 6.10 Å². The minimum atomic E-state index is -1.04. The Bertz CT molecular complexity index is 520. The standard InChI is InChI=1S/C14H16ClNO4/c1-9(10-3-2-4-11(15)7-10)13(17)16-5-6-20-12(8-16)14(18)19/h2-4,7,9,12H,5-6,8H2,1H3,(H,18,19)/t9-,12-/m1/s1. The van der Waals surface area contributed by atoms with E-state index < -0.39 is 12.1 Å². The van der Waals surface area contributed by atoms with Crippen molar-refractivity contribution in [3.05, 3.63) is 34.9 Å². The van der Waals surface area contributed by atoms with Gasteiger partial charge in [0.2, 0.25) is 5.91 Å². The van der Waals surface area contributed by atoms with Crippen molar-refractivity contribution in [1.82, 2.24) is 4.90 Å². The van der Waals surface area contributed by atoms with Gasteiger partial charge in [-0.25, -0.2) is 4.79 Å². The minimum absolute atomic E-state index is 0.0824. The lowest BCUT2D eigenvalue weighted by atomic mass is 9.99. The van der Waals surface area contributed by atoms with E-state index in [1.54, 1.807) is 25.1 Å². The maximum Gasteiger partial charge on any atom is 0.334 e. The molecule has 0 aromatic heterocycles. The van der Waals surface area contributed by atoms with E-state index in [1.165, 1.54) is 4.90 Å². The lowest BCUT2D eigenvalue weighted by molar-refractivity contribution is -0.159. The van der Waals surface area contributed by atoms with Crippen molar-refractivity contribution in [2.75, 3.05) is 19.7 Å². The Morgan fingerprint density at radius 2 is 2.25 bits per heavy atom. The summed E-state index contributed by atoms with van der Waals surface area (Å²) < 4.78 is 5.11. The van der Waals surface area contributed by atoms with Crippen LogP contribution in [0.3, 0.4) is 0 Å². The van der Waals surface area contributed by atoms with Gasteiger partial charge < -0.3 is 14.7 Å². The number of carboxylic acid groups (broad SMARTS) is 1. The van der Waals surface area contributed by atoms with E-state index >= 15 is 0 Å². The number of hydrogen-bond donors (Lipinski definition) is 1. The summed E-state index contributed by atoms with van der Waals surface area (Å²) in [5.41, 5.74) is 0.820. The number of ether oxygens (including phenoxy) is 1. The quantitative estimate of drug-likeness (QED) is 0.923. The molecule has 20 heavy (non-hydrogen) atoms. The van der Waals surface area contributed by atoms with E-state index in [1.807, 2.05) is 6.07 Å². The molecule has 1 fully saturated rings. The first-order valence-corrected chi connectivity index (χ1v) is 6.75. The van der Waals surface area contributed by atoms with Crippen molar-refractivity contribution in [2.45, 2.75) is 18.9 Å². The average molecular weight is 298 g/mol. The molecule has 0 saturated carbocycles. The number of halogens is 1. The van der Waals surface area contributed by atoms with Gasteiger partial charge in [-0.15, -0.1) is 0 Å². The van der Waals surface area contributed by atoms with Crippen LogP contribution < -0.4 is 0 Å². The maximum atomic E-state index is 12.4. The Balaban J connectivity index is 2.08. The summed E-state index contributed by atoms with van der Waals surface area (Å²) in [7, 11) is 0. The summed E-state index contributed by atoms with van der Waals surface area (Å²) in [4.78, 5) is 24.9. The molecule has 1 aromatic carbocycles. The SMILES string of the molecule is C[C@@H](C(=O)N1CCO[C@@H](C(=O)O)C1)c1cccc(Cl)c1. The van der Waals surface area contributed by atoms with Crippen LogP contribution in [0.4, 0.5) is 0 Å². The predicted octanol–water partition coefficient (Wildman–Crippen LogP) is 1.76. The van der Waals surface area contributed by atoms with Crippen molar-refractivity contribution in [2.24, 2.45) is 0 Å². The highest BCUT2D eigenvalue weighted by atomic mass is 35.5. The van der Waals surface area contributed by atoms with Gasteiger partial charge in [-0.1, -0.05) is 23.7 Å². The van der Waals surface area contributed by atoms with Crippen LogP contribution in [0.5, 0.6) is 0 Å². The maximum absolute atomic E-state index is 12.4. The molecule has 5 nitrogen and oxygen atoms in total. The topological polar surface area (TPSA) is 66.8 Å². The first kappa shape index (κ1) is 14.8. The van der Waals surface area contributed by atoms with E-state index in [-0.39, 0.29) is 25.0 Å². The molecule has 0 radical (unpaired) electrons. The van der Waals surface area contributed by atoms with Crippen molar-refractivity contribution in [3.8, 4) is 0 Å². The van der Waals surface area contributed by atoms with Crippen LogP contribution in [0.2, 0.25) is 5.02 Å². The Hall–Kier alpha value is -1.59. The first-order chi connectivity index (χ1) is 9.49. The molecule has 1 aromatic rings. The summed E-state index contributed by atoms with van der Waals surface area (Å²) in [6, 6.07) is 7.13. The van der Waals surface area contributed by atoms with Gasteiger partial charge in [0, 0.05) is 11.6 Å². The summed E-state index contributed by atoms with van der Waals surface area (Å²) in [6.07, 6.45) is -0.945. The van der Waals surface area contributed by atoms with Crippen LogP contribution in [0.15, 0.2) is 24.3 Å². The first-order valence-electron chi connectivity index (χ1n) is 6.37. The van der Waals surface area contributed by atoms with Crippen LogP contribution in [0, 0.1) is 0 Å². The molecule has 1 saturated heterocycles. The van der Waals surface area contributed by atoms with Gasteiger partial charge in [0.05, 0.1) is 19.1 Å². The van der Waals surface area contributed by atoms with Crippen LogP contribution in [0.25, 0.3) is 0 Å². The molecule has 1 aliphatic heterocycles. The molecular formula is C14H16ClNO4. The number of aliphatic carboxylic acids is 1. The number of carbonyl (C=O) groups excluding carboxylic acids is 1. The monoisotopic (exact) mass is 297 g/mol. The lowest BCUT2D eigenvalue weighted by Gasteiger charge is -2.32. The average Bonchev–Trinajstić information content (AvgIpc) is 2.45. The van der Waals surface area contributed by atoms with Gasteiger partial charge in [0.1, 0.15) is 0 Å². The number of morpholine rings is 1. The summed E-state index contributed by atoms with van der Waals surface area (Å²) >= 11 is 5.92. The molecule has 0 unspecified atom stereocenters. The van der Waals surface area contributed by atoms with Crippen molar-refractivity contribution in [3.63, 3.8) is 0 Å². The molecular weight excluding hydrogens is 282 g/mol. The number of carboxylic acids is 1. The van der Waals surface area contributed by atoms with Gasteiger partial charge in [0.25, 0.3) is 0 Å². The third-order valence-corrected chi connectivity index (χ3v) is 3.61. The molecule has 2 rings (SSSR count). The third-order valence-electron chi connectivity index (χ3n) is 3.37. The highest BCUT2D eigenvalue weighted by molar-refractivity contribution is 6.30. The van der Waals surface area contributed by atoms with Crippen LogP contribution in [-0.2, 0) is 14.3 Å². The largest absolute Gasteiger partial charge is 0.479 e. The van der Waals surface area contributed by atoms with Crippen LogP contribution >= 0.6 is 11.6 Å². The molecule has 108 valence electrons. The Kier molecular flexibility index (Phi) is 4.62. The molecule has 0 spiro atoms. The second-order valence-corrected chi connectivity index (χ2v) is 5.20. The lowest BCUT2D eigenvalue weighted by Crippen LogP contribution is -2.49. The van der Waals surface area contributed by atoms with Crippen molar-refractivity contribution < 1.29 is 19.4 Å². The molecule has 6 heteroatoms. The number of hydrogen-bond acceptors (Lipinski definition) is 3. The molecule has 0 bridgehead atoms. The highest BCUT2D eigenvalue weighted by Gasteiger charge is 2.31. The summed E-state index contributed by atoms with van der Waals surface area (Å²) in [5, 5.41) is 9.53. The molecule has 0 aliphatic carbocycles. The molecule has 2 atom stereocenters. The predicted molar refractivity (Wildman–Crippen MR) is 73.8 cm³/mol. The fraction of sp³-hybridized carbons (Fsp3) is 0.429. The van der Waals surface area contributed by atoms with Crippen molar-refractivity contribution >= 4 is 23.5 Å².